The average Bonchev–Trinajstić information content (AvgIpc) is 3.85. The lowest BCUT2D eigenvalue weighted by Gasteiger charge is -2.35. The summed E-state index contributed by atoms with van der Waals surface area (Å²) in [6, 6.07) is 4.22. The third-order valence-electron chi connectivity index (χ3n) is 9.83. The number of benzene rings is 1. The van der Waals surface area contributed by atoms with E-state index in [1.807, 2.05) is 12.2 Å². The standard InChI is InChI=1S/C34H44N8O8S/c1-6-21-18-34(21,31(45)39-51(47,48)25-15-16-25)36-29(43)26-17-22(42-38-28(37-40-42)20-11-13-23(49-5)14-12-20)19-41(26)30(44)27(33(2,3)4)35-32(46)50-24-9-7-8-10-24/h6-8,11-14,21-22,24-27H,1,9-10,15-19H2,2-5H3,(H,35,46)(H,36,43)(H,39,45)/t21-,22-,26+,27-,34-/m1/s1. The molecule has 1 saturated heterocycles. The number of sulfonamides is 1. The Hall–Kier alpha value is -4.80. The highest BCUT2D eigenvalue weighted by Gasteiger charge is 2.62. The van der Waals surface area contributed by atoms with Crippen molar-refractivity contribution in [2.24, 2.45) is 11.3 Å². The van der Waals surface area contributed by atoms with Gasteiger partial charge in [0.15, 0.2) is 0 Å². The molecule has 1 aromatic carbocycles. The zero-order valence-electron chi connectivity index (χ0n) is 29.1. The van der Waals surface area contributed by atoms with Crippen LogP contribution in [0.3, 0.4) is 0 Å². The Balaban J connectivity index is 1.26. The van der Waals surface area contributed by atoms with Gasteiger partial charge in [-0.1, -0.05) is 39.0 Å². The van der Waals surface area contributed by atoms with Gasteiger partial charge in [-0.05, 0) is 54.2 Å². The molecule has 0 radical (unpaired) electrons. The number of aromatic nitrogens is 4. The summed E-state index contributed by atoms with van der Waals surface area (Å²) in [7, 11) is -2.34. The molecular weight excluding hydrogens is 680 g/mol. The molecular formula is C34H44N8O8S. The average molecular weight is 725 g/mol. The lowest BCUT2D eigenvalue weighted by Crippen LogP contribution is -2.60. The smallest absolute Gasteiger partial charge is 0.408 e. The van der Waals surface area contributed by atoms with Crippen LogP contribution >= 0.6 is 0 Å². The van der Waals surface area contributed by atoms with Crippen molar-refractivity contribution in [2.45, 2.75) is 94.3 Å². The monoisotopic (exact) mass is 724 g/mol. The molecule has 0 bridgehead atoms. The highest BCUT2D eigenvalue weighted by molar-refractivity contribution is 7.91. The minimum Gasteiger partial charge on any atom is -0.497 e. The van der Waals surface area contributed by atoms with Gasteiger partial charge in [-0.2, -0.15) is 4.80 Å². The molecule has 274 valence electrons. The van der Waals surface area contributed by atoms with Gasteiger partial charge < -0.3 is 25.0 Å². The van der Waals surface area contributed by atoms with E-state index in [9.17, 15) is 27.6 Å². The molecule has 16 nitrogen and oxygen atoms in total. The van der Waals surface area contributed by atoms with Crippen molar-refractivity contribution in [3.63, 3.8) is 0 Å². The van der Waals surface area contributed by atoms with E-state index in [0.717, 1.165) is 0 Å². The van der Waals surface area contributed by atoms with Crippen LogP contribution in [0.25, 0.3) is 11.4 Å². The summed E-state index contributed by atoms with van der Waals surface area (Å²) in [6.07, 6.45) is 6.48. The molecule has 2 saturated carbocycles. The highest BCUT2D eigenvalue weighted by atomic mass is 32.2. The molecule has 0 spiro atoms. The predicted molar refractivity (Wildman–Crippen MR) is 183 cm³/mol. The van der Waals surface area contributed by atoms with Crippen LogP contribution in [-0.2, 0) is 29.1 Å². The van der Waals surface area contributed by atoms with Crippen molar-refractivity contribution in [3.8, 4) is 17.1 Å². The quantitative estimate of drug-likeness (QED) is 0.270. The number of carbonyl (C=O) groups is 4. The van der Waals surface area contributed by atoms with Crippen LogP contribution in [0.1, 0.15) is 65.3 Å². The Labute approximate surface area is 296 Å². The van der Waals surface area contributed by atoms with Gasteiger partial charge in [-0.25, -0.2) is 13.2 Å². The number of nitrogens with zero attached hydrogens (tertiary/aromatic N) is 5. The number of nitrogens with one attached hydrogen (secondary N) is 3. The number of amides is 4. The molecule has 17 heteroatoms. The first-order valence-corrected chi connectivity index (χ1v) is 18.6. The molecule has 1 aromatic heterocycles. The van der Waals surface area contributed by atoms with Gasteiger partial charge >= 0.3 is 6.09 Å². The first-order chi connectivity index (χ1) is 24.1. The van der Waals surface area contributed by atoms with Crippen molar-refractivity contribution in [1.29, 1.82) is 0 Å². The molecule has 2 heterocycles. The van der Waals surface area contributed by atoms with Crippen molar-refractivity contribution in [3.05, 3.63) is 49.1 Å². The summed E-state index contributed by atoms with van der Waals surface area (Å²) in [4.78, 5) is 57.8. The summed E-state index contributed by atoms with van der Waals surface area (Å²) in [5.41, 5.74) is -1.69. The summed E-state index contributed by atoms with van der Waals surface area (Å²) in [5.74, 6) is -1.61. The number of hydrogen-bond donors (Lipinski definition) is 3. The summed E-state index contributed by atoms with van der Waals surface area (Å²) in [5, 5.41) is 17.9. The Bertz CT molecular complexity index is 1830. The van der Waals surface area contributed by atoms with E-state index in [0.29, 0.717) is 42.8 Å². The molecule has 3 fully saturated rings. The van der Waals surface area contributed by atoms with Gasteiger partial charge in [0.1, 0.15) is 29.5 Å². The Morgan fingerprint density at radius 3 is 2.37 bits per heavy atom. The number of methoxy groups -OCH3 is 1. The van der Waals surface area contributed by atoms with Crippen molar-refractivity contribution in [1.82, 2.24) is 40.5 Å². The van der Waals surface area contributed by atoms with Crippen LogP contribution in [0.2, 0.25) is 0 Å². The van der Waals surface area contributed by atoms with E-state index in [4.69, 9.17) is 9.47 Å². The van der Waals surface area contributed by atoms with Crippen LogP contribution in [0.5, 0.6) is 5.75 Å². The topological polar surface area (TPSA) is 204 Å². The molecule has 4 amide bonds. The van der Waals surface area contributed by atoms with Gasteiger partial charge in [0.05, 0.1) is 18.4 Å². The first kappa shape index (κ1) is 36.0. The summed E-state index contributed by atoms with van der Waals surface area (Å²) >= 11 is 0. The van der Waals surface area contributed by atoms with E-state index >= 15 is 0 Å². The molecule has 2 aromatic rings. The van der Waals surface area contributed by atoms with Gasteiger partial charge in [0, 0.05) is 37.3 Å². The molecule has 1 aliphatic heterocycles. The van der Waals surface area contributed by atoms with Crippen LogP contribution < -0.4 is 20.1 Å². The van der Waals surface area contributed by atoms with Crippen molar-refractivity contribution in [2.75, 3.05) is 13.7 Å². The van der Waals surface area contributed by atoms with Crippen LogP contribution in [0, 0.1) is 11.3 Å². The van der Waals surface area contributed by atoms with Crippen LogP contribution in [-0.4, -0.2) is 100.0 Å². The largest absolute Gasteiger partial charge is 0.497 e. The Morgan fingerprint density at radius 1 is 1.10 bits per heavy atom. The number of rotatable bonds is 12. The van der Waals surface area contributed by atoms with E-state index in [2.05, 4.69) is 37.3 Å². The molecule has 51 heavy (non-hydrogen) atoms. The number of alkyl carbamates (subject to hydrolysis) is 1. The maximum absolute atomic E-state index is 14.5. The molecule has 5 atom stereocenters. The van der Waals surface area contributed by atoms with Crippen molar-refractivity contribution < 1.29 is 37.1 Å². The SMILES string of the molecule is C=C[C@@H]1C[C@]1(NC(=O)[C@@H]1C[C@@H](n2nnc(-c3ccc(OC)cc3)n2)CN1C(=O)[C@@H](NC(=O)OC1CC=CC1)C(C)(C)C)C(=O)NS(=O)(=O)C1CC1. The zero-order chi connectivity index (χ0) is 36.7. The van der Waals surface area contributed by atoms with E-state index in [1.54, 1.807) is 52.1 Å². The lowest BCUT2D eigenvalue weighted by molar-refractivity contribution is -0.142. The summed E-state index contributed by atoms with van der Waals surface area (Å²) in [6.45, 7) is 9.10. The number of hydrogen-bond acceptors (Lipinski definition) is 11. The first-order valence-electron chi connectivity index (χ1n) is 17.0. The minimum absolute atomic E-state index is 0.0225. The van der Waals surface area contributed by atoms with Gasteiger partial charge in [0.25, 0.3) is 5.91 Å². The van der Waals surface area contributed by atoms with Crippen LogP contribution in [0.15, 0.2) is 49.1 Å². The molecule has 3 aliphatic carbocycles. The molecule has 0 unspecified atom stereocenters. The van der Waals surface area contributed by atoms with Gasteiger partial charge in [-0.15, -0.1) is 16.8 Å². The van der Waals surface area contributed by atoms with Gasteiger partial charge in [0.2, 0.25) is 27.7 Å². The normalized spacial score (nSPS) is 25.2. The zero-order valence-corrected chi connectivity index (χ0v) is 29.9. The summed E-state index contributed by atoms with van der Waals surface area (Å²) < 4.78 is 38.2. The fourth-order valence-corrected chi connectivity index (χ4v) is 7.90. The predicted octanol–water partition coefficient (Wildman–Crippen LogP) is 2.02. The lowest BCUT2D eigenvalue weighted by atomic mass is 9.85. The maximum atomic E-state index is 14.5. The number of carbonyl (C=O) groups excluding carboxylic acids is 4. The number of likely N-dealkylation sites (tertiary alicyclic amines) is 1. The fourth-order valence-electron chi connectivity index (χ4n) is 6.53. The minimum atomic E-state index is -3.90. The second-order valence-corrected chi connectivity index (χ2v) is 16.6. The fraction of sp³-hybridized carbons (Fsp3) is 0.559. The van der Waals surface area contributed by atoms with E-state index < -0.39 is 74.1 Å². The van der Waals surface area contributed by atoms with Gasteiger partial charge in [-0.3, -0.25) is 19.1 Å². The molecule has 3 N–H and O–H groups in total. The number of tetrazole rings is 1. The third kappa shape index (κ3) is 7.62. The maximum Gasteiger partial charge on any atom is 0.408 e. The Kier molecular flexibility index (Phi) is 9.69. The Morgan fingerprint density at radius 2 is 1.78 bits per heavy atom. The molecule has 4 aliphatic rings. The number of ether oxygens (including phenoxy) is 2. The second kappa shape index (κ2) is 13.7. The second-order valence-electron chi connectivity index (χ2n) is 14.7. The molecule has 6 rings (SSSR count). The van der Waals surface area contributed by atoms with E-state index in [1.165, 1.54) is 15.8 Å². The van der Waals surface area contributed by atoms with E-state index in [-0.39, 0.29) is 25.5 Å². The third-order valence-corrected chi connectivity index (χ3v) is 11.6. The highest BCUT2D eigenvalue weighted by Crippen LogP contribution is 2.46. The van der Waals surface area contributed by atoms with Crippen LogP contribution in [0.4, 0.5) is 4.79 Å². The van der Waals surface area contributed by atoms with Crippen molar-refractivity contribution >= 4 is 33.8 Å².